The lowest BCUT2D eigenvalue weighted by atomic mass is 10.0. The van der Waals surface area contributed by atoms with Gasteiger partial charge >= 0.3 is 11.9 Å². The summed E-state index contributed by atoms with van der Waals surface area (Å²) in [5, 5.41) is 1.15. The first-order valence-electron chi connectivity index (χ1n) is 10.3. The summed E-state index contributed by atoms with van der Waals surface area (Å²) in [5.74, 6) is -1.51. The van der Waals surface area contributed by atoms with Crippen LogP contribution in [-0.2, 0) is 9.59 Å². The second-order valence-corrected chi connectivity index (χ2v) is 7.74. The van der Waals surface area contributed by atoms with Gasteiger partial charge in [0.25, 0.3) is 0 Å². The highest BCUT2D eigenvalue weighted by Crippen LogP contribution is 2.43. The molecule has 0 unspecified atom stereocenters. The van der Waals surface area contributed by atoms with Crippen LogP contribution in [-0.4, -0.2) is 19.0 Å². The largest absolute Gasteiger partial charge is 0.492 e. The number of furan rings is 1. The van der Waals surface area contributed by atoms with Crippen molar-refractivity contribution in [3.05, 3.63) is 78.7 Å². The summed E-state index contributed by atoms with van der Waals surface area (Å²) in [5.41, 5.74) is 2.20. The van der Waals surface area contributed by atoms with Crippen molar-refractivity contribution in [2.45, 2.75) is 13.8 Å². The van der Waals surface area contributed by atoms with Crippen molar-refractivity contribution in [3.63, 3.8) is 0 Å². The molecular weight excluding hydrogens is 439 g/mol. The number of rotatable bonds is 6. The van der Waals surface area contributed by atoms with E-state index in [0.29, 0.717) is 39.0 Å². The quantitative estimate of drug-likeness (QED) is 0.189. The predicted octanol–water partition coefficient (Wildman–Crippen LogP) is 6.36. The van der Waals surface area contributed by atoms with Crippen molar-refractivity contribution in [2.24, 2.45) is 0 Å². The highest BCUT2D eigenvalue weighted by atomic mass is 19.1. The minimum atomic E-state index is -0.796. The van der Waals surface area contributed by atoms with E-state index < -0.39 is 17.8 Å². The molecule has 0 radical (unpaired) electrons. The summed E-state index contributed by atoms with van der Waals surface area (Å²) in [6, 6.07) is 13.5. The molecule has 4 aromatic rings. The van der Waals surface area contributed by atoms with Gasteiger partial charge in [-0.15, -0.1) is 0 Å². The molecule has 0 aliphatic heterocycles. The molecule has 0 spiro atoms. The third-order valence-electron chi connectivity index (χ3n) is 5.15. The van der Waals surface area contributed by atoms with E-state index in [0.717, 1.165) is 5.56 Å². The van der Waals surface area contributed by atoms with Gasteiger partial charge in [0.05, 0.1) is 7.11 Å². The first-order chi connectivity index (χ1) is 16.2. The van der Waals surface area contributed by atoms with Crippen molar-refractivity contribution in [2.75, 3.05) is 7.11 Å². The Morgan fingerprint density at radius 1 is 0.824 bits per heavy atom. The van der Waals surface area contributed by atoms with Gasteiger partial charge in [-0.25, -0.2) is 9.59 Å². The van der Waals surface area contributed by atoms with Crippen molar-refractivity contribution in [3.8, 4) is 28.4 Å². The number of hydrogen-bond donors (Lipinski definition) is 0. The molecule has 7 heteroatoms. The van der Waals surface area contributed by atoms with Crippen LogP contribution in [0.2, 0.25) is 0 Å². The van der Waals surface area contributed by atoms with Crippen LogP contribution in [0.25, 0.3) is 33.1 Å². The number of hydrogen-bond acceptors (Lipinski definition) is 6. The number of benzene rings is 3. The molecule has 3 aromatic carbocycles. The molecule has 0 amide bonds. The lowest BCUT2D eigenvalue weighted by molar-refractivity contribution is -0.131. The number of methoxy groups -OCH3 is 1. The van der Waals surface area contributed by atoms with Crippen LogP contribution in [0.1, 0.15) is 13.8 Å². The average molecular weight is 460 g/mol. The van der Waals surface area contributed by atoms with Gasteiger partial charge in [0.2, 0.25) is 5.82 Å². The molecule has 0 atom stereocenters. The van der Waals surface area contributed by atoms with Gasteiger partial charge in [-0.05, 0) is 55.8 Å². The van der Waals surface area contributed by atoms with E-state index in [1.54, 1.807) is 43.3 Å². The molecule has 0 saturated heterocycles. The molecule has 6 nitrogen and oxygen atoms in total. The van der Waals surface area contributed by atoms with Crippen LogP contribution in [0.15, 0.2) is 77.3 Å². The average Bonchev–Trinajstić information content (AvgIpc) is 3.20. The molecule has 0 N–H and O–H groups in total. The third-order valence-corrected chi connectivity index (χ3v) is 5.15. The molecule has 34 heavy (non-hydrogen) atoms. The number of halogens is 1. The van der Waals surface area contributed by atoms with E-state index in [1.807, 2.05) is 6.07 Å². The Balaban J connectivity index is 1.78. The van der Waals surface area contributed by atoms with Crippen LogP contribution in [0.3, 0.4) is 0 Å². The zero-order valence-electron chi connectivity index (χ0n) is 18.9. The third kappa shape index (κ3) is 4.03. The summed E-state index contributed by atoms with van der Waals surface area (Å²) < 4.78 is 36.9. The monoisotopic (exact) mass is 460 g/mol. The van der Waals surface area contributed by atoms with Crippen LogP contribution in [0.4, 0.5) is 4.39 Å². The van der Waals surface area contributed by atoms with Crippen molar-refractivity contribution < 1.29 is 32.6 Å². The van der Waals surface area contributed by atoms with Crippen molar-refractivity contribution in [1.82, 2.24) is 0 Å². The smallest absolute Gasteiger partial charge is 0.338 e. The number of ether oxygens (including phenoxy) is 3. The van der Waals surface area contributed by atoms with Gasteiger partial charge < -0.3 is 18.6 Å². The Hall–Kier alpha value is -4.39. The Labute approximate surface area is 194 Å². The van der Waals surface area contributed by atoms with Gasteiger partial charge in [0.1, 0.15) is 5.75 Å². The maximum Gasteiger partial charge on any atom is 0.338 e. The fraction of sp³-hybridized carbons (Fsp3) is 0.111. The van der Waals surface area contributed by atoms with E-state index in [-0.39, 0.29) is 16.9 Å². The number of carbonyl (C=O) groups is 2. The van der Waals surface area contributed by atoms with E-state index >= 15 is 4.39 Å². The molecular formula is C27H21FO6. The van der Waals surface area contributed by atoms with E-state index in [4.69, 9.17) is 18.6 Å². The maximum absolute atomic E-state index is 15.1. The fourth-order valence-corrected chi connectivity index (χ4v) is 3.42. The molecule has 4 rings (SSSR count). The summed E-state index contributed by atoms with van der Waals surface area (Å²) >= 11 is 0. The van der Waals surface area contributed by atoms with Gasteiger partial charge in [-0.3, -0.25) is 0 Å². The molecule has 0 aliphatic rings. The van der Waals surface area contributed by atoms with E-state index in [1.165, 1.54) is 20.1 Å². The van der Waals surface area contributed by atoms with Crippen LogP contribution < -0.4 is 14.2 Å². The number of esters is 2. The van der Waals surface area contributed by atoms with Crippen molar-refractivity contribution >= 4 is 33.9 Å². The first-order valence-corrected chi connectivity index (χ1v) is 10.3. The van der Waals surface area contributed by atoms with Gasteiger partial charge in [0.15, 0.2) is 22.7 Å². The fourth-order valence-electron chi connectivity index (χ4n) is 3.42. The Kier molecular flexibility index (Phi) is 5.94. The van der Waals surface area contributed by atoms with Crippen LogP contribution in [0.5, 0.6) is 17.2 Å². The maximum atomic E-state index is 15.1. The van der Waals surface area contributed by atoms with Gasteiger partial charge in [-0.2, -0.15) is 4.39 Å². The Morgan fingerprint density at radius 3 is 2.03 bits per heavy atom. The summed E-state index contributed by atoms with van der Waals surface area (Å²) in [6.07, 6.45) is 0. The summed E-state index contributed by atoms with van der Waals surface area (Å²) in [7, 11) is 1.49. The molecule has 172 valence electrons. The standard InChI is InChI=1S/C27H21FO6/c1-14(2)26(29)32-17-8-6-16(7-9-17)18-10-11-20-19-12-13-21(33-27(30)15(3)4)22(28)23(19)34-25(20)24(18)31-5/h6-13H,1,3H2,2,4-5H3. The first kappa shape index (κ1) is 22.8. The number of carbonyl (C=O) groups excluding carboxylic acids is 2. The zero-order chi connectivity index (χ0) is 24.6. The molecule has 0 saturated carbocycles. The molecule has 0 aliphatic carbocycles. The van der Waals surface area contributed by atoms with Crippen molar-refractivity contribution in [1.29, 1.82) is 0 Å². The summed E-state index contributed by atoms with van der Waals surface area (Å²) in [6.45, 7) is 10.1. The SMILES string of the molecule is C=C(C)C(=O)Oc1ccc(-c2ccc3c(oc4c(F)c(OC(=O)C(=C)C)ccc43)c2OC)cc1. The minimum absolute atomic E-state index is 0.0560. The second-order valence-electron chi connectivity index (χ2n) is 7.74. The highest BCUT2D eigenvalue weighted by molar-refractivity contribution is 6.09. The summed E-state index contributed by atoms with van der Waals surface area (Å²) in [4.78, 5) is 23.5. The second kappa shape index (κ2) is 8.86. The molecule has 0 fully saturated rings. The zero-order valence-corrected chi connectivity index (χ0v) is 18.9. The van der Waals surface area contributed by atoms with Gasteiger partial charge in [0, 0.05) is 27.5 Å². The number of fused-ring (bicyclic) bond motifs is 3. The minimum Gasteiger partial charge on any atom is -0.492 e. The molecule has 1 heterocycles. The lowest BCUT2D eigenvalue weighted by Crippen LogP contribution is -2.09. The van der Waals surface area contributed by atoms with Gasteiger partial charge in [-0.1, -0.05) is 25.3 Å². The topological polar surface area (TPSA) is 75.0 Å². The van der Waals surface area contributed by atoms with Crippen LogP contribution >= 0.6 is 0 Å². The molecule has 0 bridgehead atoms. The highest BCUT2D eigenvalue weighted by Gasteiger charge is 2.21. The van der Waals surface area contributed by atoms with E-state index in [9.17, 15) is 9.59 Å². The normalized spacial score (nSPS) is 10.8. The van der Waals surface area contributed by atoms with Crippen LogP contribution in [0, 0.1) is 5.82 Å². The lowest BCUT2D eigenvalue weighted by Gasteiger charge is -2.10. The Morgan fingerprint density at radius 2 is 1.41 bits per heavy atom. The molecule has 1 aromatic heterocycles. The Bertz CT molecular complexity index is 1480. The van der Waals surface area contributed by atoms with E-state index in [2.05, 4.69) is 13.2 Å². The predicted molar refractivity (Wildman–Crippen MR) is 127 cm³/mol.